The lowest BCUT2D eigenvalue weighted by Crippen LogP contribution is -1.65. The third kappa shape index (κ3) is 7.30. The van der Waals surface area contributed by atoms with Crippen molar-refractivity contribution >= 4 is 0 Å². The van der Waals surface area contributed by atoms with Gasteiger partial charge in [-0.15, -0.1) is 0 Å². The smallest absolute Gasteiger partial charge is 0.00921 e. The molecule has 0 aromatic carbocycles. The van der Waals surface area contributed by atoms with Crippen molar-refractivity contribution in [1.29, 1.82) is 0 Å². The van der Waals surface area contributed by atoms with Crippen molar-refractivity contribution < 1.29 is 0 Å². The van der Waals surface area contributed by atoms with Gasteiger partial charge in [-0.1, -0.05) is 31.3 Å². The van der Waals surface area contributed by atoms with Crippen molar-refractivity contribution in [2.24, 2.45) is 0 Å². The summed E-state index contributed by atoms with van der Waals surface area (Å²) in [7, 11) is 0. The summed E-state index contributed by atoms with van der Waals surface area (Å²) in [5.74, 6) is 5.99. The monoisotopic (exact) mass is 122 g/mol. The maximum Gasteiger partial charge on any atom is 0.00921 e. The van der Waals surface area contributed by atoms with Gasteiger partial charge in [0.2, 0.25) is 0 Å². The highest BCUT2D eigenvalue weighted by Crippen LogP contribution is 1.89. The molecule has 0 radical (unpaired) electrons. The van der Waals surface area contributed by atoms with Crippen molar-refractivity contribution in [1.82, 2.24) is 0 Å². The third-order valence-corrected chi connectivity index (χ3v) is 1.01. The number of rotatable bonds is 2. The van der Waals surface area contributed by atoms with Crippen LogP contribution in [0.4, 0.5) is 0 Å². The van der Waals surface area contributed by atoms with E-state index in [1.807, 2.05) is 19.1 Å². The van der Waals surface area contributed by atoms with Gasteiger partial charge in [-0.05, 0) is 19.4 Å². The number of unbranched alkanes of at least 4 members (excludes halogenated alkanes) is 2. The quantitative estimate of drug-likeness (QED) is 0.390. The Morgan fingerprint density at radius 3 is 2.78 bits per heavy atom. The fraction of sp³-hybridized carbons (Fsp3) is 0.556. The molecule has 0 atom stereocenters. The van der Waals surface area contributed by atoms with Gasteiger partial charge < -0.3 is 0 Å². The molecule has 0 unspecified atom stereocenters. The molecule has 0 aliphatic heterocycles. The van der Waals surface area contributed by atoms with Crippen LogP contribution in [-0.4, -0.2) is 0 Å². The lowest BCUT2D eigenvalue weighted by atomic mass is 10.2. The normalized spacial score (nSPS) is 9.11. The van der Waals surface area contributed by atoms with E-state index in [0.29, 0.717) is 0 Å². The predicted molar refractivity (Wildman–Crippen MR) is 42.1 cm³/mol. The Bertz CT molecular complexity index is 121. The van der Waals surface area contributed by atoms with Gasteiger partial charge in [-0.3, -0.25) is 0 Å². The van der Waals surface area contributed by atoms with Gasteiger partial charge in [0.1, 0.15) is 0 Å². The van der Waals surface area contributed by atoms with Gasteiger partial charge in [-0.25, -0.2) is 0 Å². The molecule has 0 aliphatic carbocycles. The van der Waals surface area contributed by atoms with Crippen LogP contribution >= 0.6 is 0 Å². The Morgan fingerprint density at radius 1 is 1.44 bits per heavy atom. The molecule has 9 heavy (non-hydrogen) atoms. The van der Waals surface area contributed by atoms with E-state index in [2.05, 4.69) is 18.8 Å². The summed E-state index contributed by atoms with van der Waals surface area (Å²) in [5.41, 5.74) is 0. The number of hydrogen-bond donors (Lipinski definition) is 0. The summed E-state index contributed by atoms with van der Waals surface area (Å²) >= 11 is 0. The molecule has 0 aromatic heterocycles. The SMILES string of the molecule is C/C=C/C#CCCCC. The van der Waals surface area contributed by atoms with Gasteiger partial charge in [0.15, 0.2) is 0 Å². The molecule has 0 N–H and O–H groups in total. The van der Waals surface area contributed by atoms with Crippen LogP contribution in [0, 0.1) is 11.8 Å². The first kappa shape index (κ1) is 8.30. The van der Waals surface area contributed by atoms with Crippen molar-refractivity contribution in [3.05, 3.63) is 12.2 Å². The number of hydrogen-bond acceptors (Lipinski definition) is 0. The van der Waals surface area contributed by atoms with E-state index in [4.69, 9.17) is 0 Å². The zero-order chi connectivity index (χ0) is 6.95. The first-order chi connectivity index (χ1) is 4.41. The van der Waals surface area contributed by atoms with E-state index in [9.17, 15) is 0 Å². The zero-order valence-corrected chi connectivity index (χ0v) is 6.28. The van der Waals surface area contributed by atoms with Gasteiger partial charge >= 0.3 is 0 Å². The zero-order valence-electron chi connectivity index (χ0n) is 6.28. The molecule has 0 amide bonds. The molecule has 0 heterocycles. The summed E-state index contributed by atoms with van der Waals surface area (Å²) in [6.45, 7) is 4.16. The van der Waals surface area contributed by atoms with E-state index in [0.717, 1.165) is 6.42 Å². The highest BCUT2D eigenvalue weighted by atomic mass is 13.8. The Kier molecular flexibility index (Phi) is 6.73. The average molecular weight is 122 g/mol. The Labute approximate surface area is 58.0 Å². The maximum atomic E-state index is 3.05. The minimum atomic E-state index is 1.04. The average Bonchev–Trinajstić information content (AvgIpc) is 1.89. The molecule has 0 aromatic rings. The maximum absolute atomic E-state index is 3.05. The molecule has 0 fully saturated rings. The molecule has 0 bridgehead atoms. The molecular weight excluding hydrogens is 108 g/mol. The summed E-state index contributed by atoms with van der Waals surface area (Å²) in [5, 5.41) is 0. The number of allylic oxidation sites excluding steroid dienone is 2. The van der Waals surface area contributed by atoms with Crippen LogP contribution in [0.15, 0.2) is 12.2 Å². The Balaban J connectivity index is 3.16. The fourth-order valence-corrected chi connectivity index (χ4v) is 0.480. The van der Waals surface area contributed by atoms with Crippen LogP contribution < -0.4 is 0 Å². The lowest BCUT2D eigenvalue weighted by molar-refractivity contribution is 0.828. The fourth-order valence-electron chi connectivity index (χ4n) is 0.480. The van der Waals surface area contributed by atoms with Crippen LogP contribution in [0.5, 0.6) is 0 Å². The van der Waals surface area contributed by atoms with Gasteiger partial charge in [0, 0.05) is 6.42 Å². The largest absolute Gasteiger partial charge is 0.0985 e. The second-order valence-electron chi connectivity index (χ2n) is 1.92. The highest BCUT2D eigenvalue weighted by Gasteiger charge is 1.73. The topological polar surface area (TPSA) is 0 Å². The predicted octanol–water partition coefficient (Wildman–Crippen LogP) is 2.76. The van der Waals surface area contributed by atoms with Crippen molar-refractivity contribution in [3.63, 3.8) is 0 Å². The van der Waals surface area contributed by atoms with E-state index in [1.165, 1.54) is 12.8 Å². The van der Waals surface area contributed by atoms with E-state index in [-0.39, 0.29) is 0 Å². The molecule has 50 valence electrons. The molecule has 0 rings (SSSR count). The standard InChI is InChI=1S/C9H14/c1-3-5-7-9-8-6-4-2/h3,5H,4,6,8H2,1-2H3/b5-3+. The van der Waals surface area contributed by atoms with Crippen molar-refractivity contribution in [2.75, 3.05) is 0 Å². The summed E-state index contributed by atoms with van der Waals surface area (Å²) < 4.78 is 0. The van der Waals surface area contributed by atoms with E-state index in [1.54, 1.807) is 0 Å². The summed E-state index contributed by atoms with van der Waals surface area (Å²) in [6, 6.07) is 0. The van der Waals surface area contributed by atoms with Crippen LogP contribution in [0.3, 0.4) is 0 Å². The van der Waals surface area contributed by atoms with Crippen molar-refractivity contribution in [2.45, 2.75) is 33.1 Å². The summed E-state index contributed by atoms with van der Waals surface area (Å²) in [4.78, 5) is 0. The first-order valence-electron chi connectivity index (χ1n) is 3.51. The van der Waals surface area contributed by atoms with Crippen LogP contribution in [0.1, 0.15) is 33.1 Å². The third-order valence-electron chi connectivity index (χ3n) is 1.01. The summed E-state index contributed by atoms with van der Waals surface area (Å²) in [6.07, 6.45) is 7.35. The van der Waals surface area contributed by atoms with Crippen LogP contribution in [0.2, 0.25) is 0 Å². The van der Waals surface area contributed by atoms with Gasteiger partial charge in [-0.2, -0.15) is 0 Å². The molecule has 0 heteroatoms. The second kappa shape index (κ2) is 7.30. The molecular formula is C9H14. The minimum absolute atomic E-state index is 1.04. The van der Waals surface area contributed by atoms with Gasteiger partial charge in [0.25, 0.3) is 0 Å². The molecule has 0 saturated heterocycles. The molecule has 0 aliphatic rings. The second-order valence-corrected chi connectivity index (χ2v) is 1.92. The van der Waals surface area contributed by atoms with Crippen LogP contribution in [0.25, 0.3) is 0 Å². The molecule has 0 nitrogen and oxygen atoms in total. The Hall–Kier alpha value is -0.700. The minimum Gasteiger partial charge on any atom is -0.0985 e. The van der Waals surface area contributed by atoms with Crippen molar-refractivity contribution in [3.8, 4) is 11.8 Å². The van der Waals surface area contributed by atoms with Gasteiger partial charge in [0.05, 0.1) is 0 Å². The van der Waals surface area contributed by atoms with E-state index < -0.39 is 0 Å². The molecule has 0 saturated carbocycles. The molecule has 0 spiro atoms. The lowest BCUT2D eigenvalue weighted by Gasteiger charge is -1.81. The van der Waals surface area contributed by atoms with Crippen LogP contribution in [-0.2, 0) is 0 Å². The van der Waals surface area contributed by atoms with E-state index >= 15 is 0 Å². The Morgan fingerprint density at radius 2 is 2.22 bits per heavy atom. The first-order valence-corrected chi connectivity index (χ1v) is 3.51. The highest BCUT2D eigenvalue weighted by molar-refractivity contribution is 5.14.